The molecular weight excluding hydrogens is 554 g/mol. The molecule has 8 heteroatoms. The highest BCUT2D eigenvalue weighted by molar-refractivity contribution is 6.14. The Balaban J connectivity index is 1.07. The van der Waals surface area contributed by atoms with Crippen molar-refractivity contribution in [2.45, 2.75) is 38.3 Å². The van der Waals surface area contributed by atoms with Crippen molar-refractivity contribution in [2.75, 3.05) is 42.5 Å². The van der Waals surface area contributed by atoms with Gasteiger partial charge in [-0.1, -0.05) is 61.9 Å². The lowest BCUT2D eigenvalue weighted by Gasteiger charge is -2.33. The number of rotatable bonds is 8. The van der Waals surface area contributed by atoms with Gasteiger partial charge in [-0.15, -0.1) is 0 Å². The van der Waals surface area contributed by atoms with Crippen molar-refractivity contribution < 1.29 is 23.8 Å². The first-order chi connectivity index (χ1) is 21.5. The van der Waals surface area contributed by atoms with E-state index in [-0.39, 0.29) is 24.6 Å². The van der Waals surface area contributed by atoms with Gasteiger partial charge in [-0.25, -0.2) is 4.79 Å². The van der Waals surface area contributed by atoms with E-state index in [4.69, 9.17) is 14.2 Å². The molecular formula is C36H35N3O5. The third-order valence-corrected chi connectivity index (χ3v) is 8.88. The Morgan fingerprint density at radius 3 is 2.39 bits per heavy atom. The first kappa shape index (κ1) is 27.8. The fourth-order valence-corrected chi connectivity index (χ4v) is 6.57. The molecule has 1 N–H and O–H groups in total. The second-order valence-corrected chi connectivity index (χ2v) is 11.5. The van der Waals surface area contributed by atoms with E-state index in [2.05, 4.69) is 36.5 Å². The summed E-state index contributed by atoms with van der Waals surface area (Å²) in [7, 11) is 3.30. The maximum Gasteiger partial charge on any atom is 0.414 e. The quantitative estimate of drug-likeness (QED) is 0.219. The molecule has 2 amide bonds. The molecule has 2 heterocycles. The molecule has 0 unspecified atom stereocenters. The average Bonchev–Trinajstić information content (AvgIpc) is 3.58. The standard InChI is InChI=1S/C36H35N3O5/c1-4-5-16-43-33-20-30-28(19-32(33)42-3)35(40)39-31-15-14-23(17-22(31)18-34(39)37-30)38(2)36(41)44-21-29-26-12-8-6-10-24(26)25-11-7-9-13-27(25)29/h6-15,17,19-20,29,34,37H,4-5,16,18,21H2,1-3H3/t34-/m0/s1. The van der Waals surface area contributed by atoms with E-state index in [1.54, 1.807) is 25.1 Å². The maximum absolute atomic E-state index is 13.7. The summed E-state index contributed by atoms with van der Waals surface area (Å²) in [5.41, 5.74) is 8.51. The van der Waals surface area contributed by atoms with Crippen LogP contribution in [0.2, 0.25) is 0 Å². The van der Waals surface area contributed by atoms with E-state index in [9.17, 15) is 9.59 Å². The molecule has 3 aliphatic rings. The Morgan fingerprint density at radius 2 is 1.68 bits per heavy atom. The predicted molar refractivity (Wildman–Crippen MR) is 171 cm³/mol. The Hall–Kier alpha value is -4.98. The third-order valence-electron chi connectivity index (χ3n) is 8.88. The summed E-state index contributed by atoms with van der Waals surface area (Å²) in [6.07, 6.45) is 1.90. The maximum atomic E-state index is 13.7. The van der Waals surface area contributed by atoms with Crippen LogP contribution in [-0.2, 0) is 11.2 Å². The highest BCUT2D eigenvalue weighted by Gasteiger charge is 2.40. The number of anilines is 3. The van der Waals surface area contributed by atoms with Gasteiger partial charge in [0.25, 0.3) is 5.91 Å². The highest BCUT2D eigenvalue weighted by atomic mass is 16.6. The second-order valence-electron chi connectivity index (χ2n) is 11.5. The molecule has 0 saturated carbocycles. The number of ether oxygens (including phenoxy) is 3. The number of methoxy groups -OCH3 is 1. The first-order valence-corrected chi connectivity index (χ1v) is 15.1. The van der Waals surface area contributed by atoms with Crippen molar-refractivity contribution in [3.8, 4) is 22.6 Å². The molecule has 0 radical (unpaired) electrons. The van der Waals surface area contributed by atoms with Crippen LogP contribution in [0, 0.1) is 0 Å². The second kappa shape index (κ2) is 11.3. The smallest absolute Gasteiger partial charge is 0.414 e. The molecule has 1 aliphatic carbocycles. The van der Waals surface area contributed by atoms with E-state index >= 15 is 0 Å². The summed E-state index contributed by atoms with van der Waals surface area (Å²) >= 11 is 0. The molecule has 0 aromatic heterocycles. The number of carbonyl (C=O) groups excluding carboxylic acids is 2. The SMILES string of the molecule is CCCCOc1cc2c(cc1OC)C(=O)N1c3ccc(N(C)C(=O)OCC4c5ccccc5-c5ccccc54)cc3C[C@H]1N2. The van der Waals surface area contributed by atoms with Gasteiger partial charge in [0.05, 0.1) is 25.0 Å². The van der Waals surface area contributed by atoms with E-state index < -0.39 is 6.09 Å². The van der Waals surface area contributed by atoms with Crippen molar-refractivity contribution in [1.82, 2.24) is 0 Å². The van der Waals surface area contributed by atoms with E-state index in [1.165, 1.54) is 27.2 Å². The number of carbonyl (C=O) groups is 2. The van der Waals surface area contributed by atoms with Gasteiger partial charge >= 0.3 is 6.09 Å². The van der Waals surface area contributed by atoms with Gasteiger partial charge < -0.3 is 19.5 Å². The van der Waals surface area contributed by atoms with Crippen LogP contribution < -0.4 is 24.6 Å². The van der Waals surface area contributed by atoms with Gasteiger partial charge in [0.1, 0.15) is 12.8 Å². The summed E-state index contributed by atoms with van der Waals surface area (Å²) in [5.74, 6) is 1.05. The summed E-state index contributed by atoms with van der Waals surface area (Å²) < 4.78 is 17.4. The number of amides is 2. The molecule has 0 saturated heterocycles. The van der Waals surface area contributed by atoms with Gasteiger partial charge in [-0.05, 0) is 58.5 Å². The molecule has 224 valence electrons. The Labute approximate surface area is 257 Å². The summed E-state index contributed by atoms with van der Waals surface area (Å²) in [6, 6.07) is 25.9. The minimum Gasteiger partial charge on any atom is -0.493 e. The van der Waals surface area contributed by atoms with Gasteiger partial charge in [0.15, 0.2) is 11.5 Å². The first-order valence-electron chi connectivity index (χ1n) is 15.1. The van der Waals surface area contributed by atoms with Crippen LogP contribution in [0.15, 0.2) is 78.9 Å². The zero-order valence-corrected chi connectivity index (χ0v) is 25.1. The molecule has 0 fully saturated rings. The van der Waals surface area contributed by atoms with Gasteiger partial charge in [0.2, 0.25) is 0 Å². The summed E-state index contributed by atoms with van der Waals surface area (Å²) in [5, 5.41) is 3.52. The molecule has 2 aliphatic heterocycles. The Kier molecular flexibility index (Phi) is 7.12. The fourth-order valence-electron chi connectivity index (χ4n) is 6.57. The zero-order chi connectivity index (χ0) is 30.4. The van der Waals surface area contributed by atoms with Crippen molar-refractivity contribution in [3.63, 3.8) is 0 Å². The van der Waals surface area contributed by atoms with Crippen molar-refractivity contribution in [2.24, 2.45) is 0 Å². The summed E-state index contributed by atoms with van der Waals surface area (Å²) in [6.45, 7) is 2.95. The van der Waals surface area contributed by atoms with Crippen LogP contribution in [0.3, 0.4) is 0 Å². The number of hydrogen-bond acceptors (Lipinski definition) is 6. The minimum atomic E-state index is -0.424. The molecule has 4 aromatic carbocycles. The zero-order valence-electron chi connectivity index (χ0n) is 25.1. The van der Waals surface area contributed by atoms with Crippen LogP contribution in [-0.4, -0.2) is 45.5 Å². The van der Waals surface area contributed by atoms with E-state index in [1.807, 2.05) is 48.5 Å². The van der Waals surface area contributed by atoms with Crippen LogP contribution in [0.1, 0.15) is 52.7 Å². The van der Waals surface area contributed by atoms with Gasteiger partial charge in [-0.3, -0.25) is 14.6 Å². The molecule has 0 spiro atoms. The van der Waals surface area contributed by atoms with Gasteiger partial charge in [0, 0.05) is 36.8 Å². The number of hydrogen-bond donors (Lipinski definition) is 1. The number of nitrogens with zero attached hydrogens (tertiary/aromatic N) is 2. The minimum absolute atomic E-state index is 0.00870. The molecule has 1 atom stereocenters. The topological polar surface area (TPSA) is 80.3 Å². The lowest BCUT2D eigenvalue weighted by molar-refractivity contribution is 0.0977. The molecule has 0 bridgehead atoms. The van der Waals surface area contributed by atoms with Crippen LogP contribution >= 0.6 is 0 Å². The van der Waals surface area contributed by atoms with Crippen molar-refractivity contribution in [1.29, 1.82) is 0 Å². The predicted octanol–water partition coefficient (Wildman–Crippen LogP) is 7.21. The van der Waals surface area contributed by atoms with Crippen LogP contribution in [0.5, 0.6) is 11.5 Å². The lowest BCUT2D eigenvalue weighted by Crippen LogP contribution is -2.46. The monoisotopic (exact) mass is 589 g/mol. The summed E-state index contributed by atoms with van der Waals surface area (Å²) in [4.78, 5) is 30.3. The van der Waals surface area contributed by atoms with Crippen LogP contribution in [0.4, 0.5) is 21.9 Å². The van der Waals surface area contributed by atoms with Crippen molar-refractivity contribution >= 4 is 29.1 Å². The number of fused-ring (bicyclic) bond motifs is 7. The Bertz CT molecular complexity index is 1720. The largest absolute Gasteiger partial charge is 0.493 e. The van der Waals surface area contributed by atoms with Gasteiger partial charge in [-0.2, -0.15) is 0 Å². The number of unbranched alkanes of at least 4 members (excludes halogenated alkanes) is 1. The number of benzene rings is 4. The van der Waals surface area contributed by atoms with Crippen LogP contribution in [0.25, 0.3) is 11.1 Å². The molecule has 4 aromatic rings. The highest BCUT2D eigenvalue weighted by Crippen LogP contribution is 2.45. The van der Waals surface area contributed by atoms with Crippen molar-refractivity contribution in [3.05, 3.63) is 101 Å². The lowest BCUT2D eigenvalue weighted by atomic mass is 9.98. The molecule has 44 heavy (non-hydrogen) atoms. The van der Waals surface area contributed by atoms with E-state index in [0.29, 0.717) is 35.8 Å². The molecule has 8 nitrogen and oxygen atoms in total. The fraction of sp³-hybridized carbons (Fsp3) is 0.278. The third kappa shape index (κ3) is 4.61. The Morgan fingerprint density at radius 1 is 0.955 bits per heavy atom. The molecule has 7 rings (SSSR count). The average molecular weight is 590 g/mol. The number of nitrogens with one attached hydrogen (secondary N) is 1. The van der Waals surface area contributed by atoms with E-state index in [0.717, 1.165) is 29.8 Å². The normalized spacial score (nSPS) is 15.8.